The van der Waals surface area contributed by atoms with Gasteiger partial charge in [0.25, 0.3) is 0 Å². The summed E-state index contributed by atoms with van der Waals surface area (Å²) in [5.41, 5.74) is 10.7. The number of benzene rings is 8. The molecular formula is C46H31NS. The van der Waals surface area contributed by atoms with Gasteiger partial charge in [-0.1, -0.05) is 146 Å². The molecule has 1 nitrogen and oxygen atoms in total. The summed E-state index contributed by atoms with van der Waals surface area (Å²) in [5, 5.41) is 5.16. The first-order valence-electron chi connectivity index (χ1n) is 16.3. The summed E-state index contributed by atoms with van der Waals surface area (Å²) in [4.78, 5) is 2.37. The maximum Gasteiger partial charge on any atom is 0.0467 e. The van der Waals surface area contributed by atoms with Gasteiger partial charge in [-0.05, 0) is 86.6 Å². The molecule has 9 aromatic rings. The van der Waals surface area contributed by atoms with E-state index in [-0.39, 0.29) is 0 Å². The number of anilines is 3. The van der Waals surface area contributed by atoms with Gasteiger partial charge in [0.15, 0.2) is 0 Å². The molecule has 0 radical (unpaired) electrons. The molecule has 0 bridgehead atoms. The van der Waals surface area contributed by atoms with E-state index in [9.17, 15) is 0 Å². The molecule has 226 valence electrons. The maximum absolute atomic E-state index is 2.37. The van der Waals surface area contributed by atoms with E-state index in [0.717, 1.165) is 17.1 Å². The lowest BCUT2D eigenvalue weighted by atomic mass is 9.98. The van der Waals surface area contributed by atoms with Crippen LogP contribution >= 0.6 is 11.3 Å². The van der Waals surface area contributed by atoms with E-state index in [0.29, 0.717) is 0 Å². The van der Waals surface area contributed by atoms with Crippen molar-refractivity contribution in [2.75, 3.05) is 4.90 Å². The Bertz CT molecular complexity index is 2540. The van der Waals surface area contributed by atoms with Gasteiger partial charge >= 0.3 is 0 Å². The Morgan fingerprint density at radius 1 is 0.333 bits per heavy atom. The first-order valence-corrected chi connectivity index (χ1v) is 17.2. The SMILES string of the molecule is c1ccc(-c2ccc(N(c3ccc(-c4cccc5ccccc45)cc3)c3cccc(-c4cccc5c4sc4ccccc45)c3)cc2)cc1. The highest BCUT2D eigenvalue weighted by Gasteiger charge is 2.16. The van der Waals surface area contributed by atoms with Crippen LogP contribution in [0.5, 0.6) is 0 Å². The Balaban J connectivity index is 1.16. The average molecular weight is 630 g/mol. The van der Waals surface area contributed by atoms with Crippen molar-refractivity contribution in [3.05, 3.63) is 188 Å². The zero-order valence-electron chi connectivity index (χ0n) is 26.3. The zero-order valence-corrected chi connectivity index (χ0v) is 27.1. The quantitative estimate of drug-likeness (QED) is 0.177. The lowest BCUT2D eigenvalue weighted by Gasteiger charge is -2.26. The van der Waals surface area contributed by atoms with Gasteiger partial charge in [0.1, 0.15) is 0 Å². The molecule has 0 N–H and O–H groups in total. The van der Waals surface area contributed by atoms with Crippen molar-refractivity contribution in [3.63, 3.8) is 0 Å². The molecule has 48 heavy (non-hydrogen) atoms. The van der Waals surface area contributed by atoms with Gasteiger partial charge in [0, 0.05) is 37.2 Å². The third-order valence-corrected chi connectivity index (χ3v) is 10.5. The molecule has 0 aliphatic rings. The smallest absolute Gasteiger partial charge is 0.0467 e. The number of hydrogen-bond acceptors (Lipinski definition) is 2. The predicted octanol–water partition coefficient (Wildman–Crippen LogP) is 13.7. The summed E-state index contributed by atoms with van der Waals surface area (Å²) >= 11 is 1.88. The van der Waals surface area contributed by atoms with Gasteiger partial charge in [0.05, 0.1) is 0 Å². The molecule has 0 aliphatic heterocycles. The van der Waals surface area contributed by atoms with Crippen LogP contribution in [-0.4, -0.2) is 0 Å². The summed E-state index contributed by atoms with van der Waals surface area (Å²) < 4.78 is 2.65. The molecule has 0 saturated heterocycles. The number of nitrogens with zero attached hydrogens (tertiary/aromatic N) is 1. The van der Waals surface area contributed by atoms with E-state index in [1.807, 2.05) is 11.3 Å². The van der Waals surface area contributed by atoms with Gasteiger partial charge in [-0.2, -0.15) is 0 Å². The molecular weight excluding hydrogens is 599 g/mol. The van der Waals surface area contributed by atoms with Crippen molar-refractivity contribution in [1.29, 1.82) is 0 Å². The number of fused-ring (bicyclic) bond motifs is 4. The Labute approximate surface area is 284 Å². The monoisotopic (exact) mass is 629 g/mol. The second-order valence-corrected chi connectivity index (χ2v) is 13.2. The molecule has 9 rings (SSSR count). The molecule has 0 unspecified atom stereocenters. The van der Waals surface area contributed by atoms with Crippen LogP contribution in [0, 0.1) is 0 Å². The molecule has 0 atom stereocenters. The lowest BCUT2D eigenvalue weighted by Crippen LogP contribution is -2.10. The first kappa shape index (κ1) is 28.3. The molecule has 8 aromatic carbocycles. The molecule has 2 heteroatoms. The van der Waals surface area contributed by atoms with Crippen LogP contribution in [0.4, 0.5) is 17.1 Å². The van der Waals surface area contributed by atoms with Crippen molar-refractivity contribution in [3.8, 4) is 33.4 Å². The lowest BCUT2D eigenvalue weighted by molar-refractivity contribution is 1.28. The van der Waals surface area contributed by atoms with Crippen molar-refractivity contribution in [2.24, 2.45) is 0 Å². The molecule has 0 amide bonds. The Kier molecular flexibility index (Phi) is 7.07. The summed E-state index contributed by atoms with van der Waals surface area (Å²) in [6.45, 7) is 0. The van der Waals surface area contributed by atoms with Crippen LogP contribution in [-0.2, 0) is 0 Å². The summed E-state index contributed by atoms with van der Waals surface area (Å²) in [6, 6.07) is 68.1. The van der Waals surface area contributed by atoms with Gasteiger partial charge in [0.2, 0.25) is 0 Å². The molecule has 0 aliphatic carbocycles. The fourth-order valence-corrected chi connectivity index (χ4v) is 8.17. The van der Waals surface area contributed by atoms with Gasteiger partial charge < -0.3 is 4.90 Å². The van der Waals surface area contributed by atoms with Crippen molar-refractivity contribution >= 4 is 59.3 Å². The van der Waals surface area contributed by atoms with Crippen molar-refractivity contribution < 1.29 is 0 Å². The highest BCUT2D eigenvalue weighted by atomic mass is 32.1. The summed E-state index contributed by atoms with van der Waals surface area (Å²) in [6.07, 6.45) is 0. The maximum atomic E-state index is 2.37. The van der Waals surface area contributed by atoms with Gasteiger partial charge in [-0.3, -0.25) is 0 Å². The highest BCUT2D eigenvalue weighted by Crippen LogP contribution is 2.43. The number of hydrogen-bond donors (Lipinski definition) is 0. The highest BCUT2D eigenvalue weighted by molar-refractivity contribution is 7.26. The van der Waals surface area contributed by atoms with Gasteiger partial charge in [-0.25, -0.2) is 0 Å². The van der Waals surface area contributed by atoms with Crippen LogP contribution in [0.15, 0.2) is 188 Å². The van der Waals surface area contributed by atoms with E-state index < -0.39 is 0 Å². The van der Waals surface area contributed by atoms with Crippen molar-refractivity contribution in [2.45, 2.75) is 0 Å². The predicted molar refractivity (Wildman–Crippen MR) is 208 cm³/mol. The second-order valence-electron chi connectivity index (χ2n) is 12.2. The Hall–Kier alpha value is -5.96. The minimum absolute atomic E-state index is 1.11. The van der Waals surface area contributed by atoms with E-state index in [1.54, 1.807) is 0 Å². The summed E-state index contributed by atoms with van der Waals surface area (Å²) in [5.74, 6) is 0. The summed E-state index contributed by atoms with van der Waals surface area (Å²) in [7, 11) is 0. The largest absolute Gasteiger partial charge is 0.310 e. The van der Waals surface area contributed by atoms with E-state index >= 15 is 0 Å². The van der Waals surface area contributed by atoms with Crippen LogP contribution in [0.25, 0.3) is 64.3 Å². The van der Waals surface area contributed by atoms with E-state index in [4.69, 9.17) is 0 Å². The van der Waals surface area contributed by atoms with E-state index in [1.165, 1.54) is 64.3 Å². The topological polar surface area (TPSA) is 3.24 Å². The normalized spacial score (nSPS) is 11.3. The van der Waals surface area contributed by atoms with Gasteiger partial charge in [-0.15, -0.1) is 11.3 Å². The third-order valence-electron chi connectivity index (χ3n) is 9.28. The molecule has 1 aromatic heterocycles. The first-order chi connectivity index (χ1) is 23.8. The average Bonchev–Trinajstić information content (AvgIpc) is 3.55. The minimum atomic E-state index is 1.11. The Morgan fingerprint density at radius 3 is 1.71 bits per heavy atom. The molecule has 1 heterocycles. The van der Waals surface area contributed by atoms with Crippen LogP contribution < -0.4 is 4.90 Å². The minimum Gasteiger partial charge on any atom is -0.310 e. The van der Waals surface area contributed by atoms with Crippen LogP contribution in [0.3, 0.4) is 0 Å². The zero-order chi connectivity index (χ0) is 31.9. The van der Waals surface area contributed by atoms with E-state index in [2.05, 4.69) is 193 Å². The van der Waals surface area contributed by atoms with Crippen molar-refractivity contribution in [1.82, 2.24) is 0 Å². The van der Waals surface area contributed by atoms with Crippen LogP contribution in [0.2, 0.25) is 0 Å². The third kappa shape index (κ3) is 5.04. The fraction of sp³-hybridized carbons (Fsp3) is 0. The number of rotatable bonds is 6. The standard InChI is InChI=1S/C46H31NS/c1-2-11-32(12-3-1)33-23-27-37(28-24-33)47(38-29-25-35(26-30-38)41-19-9-14-34-13-4-5-17-40(34)41)39-16-8-15-36(31-39)42-20-10-21-44-43-18-6-7-22-45(43)48-46(42)44/h1-31H. The Morgan fingerprint density at radius 2 is 0.896 bits per heavy atom. The molecule has 0 fully saturated rings. The fourth-order valence-electron chi connectivity index (χ4n) is 6.93. The second kappa shape index (κ2) is 12.0. The molecule has 0 saturated carbocycles. The van der Waals surface area contributed by atoms with Crippen LogP contribution in [0.1, 0.15) is 0 Å². The molecule has 0 spiro atoms. The number of thiophene rings is 1.